The highest BCUT2D eigenvalue weighted by molar-refractivity contribution is 6.30. The number of ether oxygens (including phenoxy) is 1. The van der Waals surface area contributed by atoms with Crippen molar-refractivity contribution in [3.63, 3.8) is 0 Å². The monoisotopic (exact) mass is 427 g/mol. The van der Waals surface area contributed by atoms with Crippen molar-refractivity contribution >= 4 is 29.1 Å². The molecule has 0 fully saturated rings. The third-order valence-corrected chi connectivity index (χ3v) is 5.32. The van der Waals surface area contributed by atoms with Crippen LogP contribution in [0.5, 0.6) is 5.75 Å². The molecule has 0 bridgehead atoms. The van der Waals surface area contributed by atoms with Gasteiger partial charge in [-0.25, -0.2) is 5.01 Å². The van der Waals surface area contributed by atoms with Crippen LogP contribution in [0.3, 0.4) is 0 Å². The summed E-state index contributed by atoms with van der Waals surface area (Å²) in [4.78, 5) is 26.8. The molecule has 2 aromatic carbocycles. The van der Waals surface area contributed by atoms with Gasteiger partial charge in [-0.3, -0.25) is 9.59 Å². The van der Waals surface area contributed by atoms with Gasteiger partial charge in [-0.2, -0.15) is 5.10 Å². The highest BCUT2D eigenvalue weighted by Crippen LogP contribution is 2.34. The molecule has 7 heteroatoms. The zero-order chi connectivity index (χ0) is 21.8. The lowest BCUT2D eigenvalue weighted by Gasteiger charge is -2.25. The summed E-state index contributed by atoms with van der Waals surface area (Å²) in [6.07, 6.45) is 0.558. The second-order valence-electron chi connectivity index (χ2n) is 7.64. The minimum atomic E-state index is -0.265. The topological polar surface area (TPSA) is 62.2 Å². The largest absolute Gasteiger partial charge is 0.497 e. The van der Waals surface area contributed by atoms with Crippen LogP contribution in [-0.2, 0) is 9.59 Å². The predicted octanol–water partition coefficient (Wildman–Crippen LogP) is 4.14. The number of carbonyl (C=O) groups excluding carboxylic acids is 2. The Kier molecular flexibility index (Phi) is 6.77. The van der Waals surface area contributed by atoms with Gasteiger partial charge in [0.1, 0.15) is 12.3 Å². The fourth-order valence-corrected chi connectivity index (χ4v) is 3.58. The zero-order valence-corrected chi connectivity index (χ0v) is 18.4. The standard InChI is InChI=1S/C23H26ClN3O3/c1-15(2)23(29)26(3)14-22(28)27-21(16-8-10-18(24)11-9-16)13-20(25-27)17-6-5-7-19(12-17)30-4/h5-12,15,21H,13-14H2,1-4H3/t21-/m0/s1. The van der Waals surface area contributed by atoms with Crippen molar-refractivity contribution in [3.8, 4) is 5.75 Å². The number of hydrogen-bond donors (Lipinski definition) is 0. The number of rotatable bonds is 6. The lowest BCUT2D eigenvalue weighted by Crippen LogP contribution is -2.40. The van der Waals surface area contributed by atoms with Crippen molar-refractivity contribution in [2.24, 2.45) is 11.0 Å². The lowest BCUT2D eigenvalue weighted by atomic mass is 9.98. The van der Waals surface area contributed by atoms with Crippen LogP contribution in [-0.4, -0.2) is 48.1 Å². The Hall–Kier alpha value is -2.86. The van der Waals surface area contributed by atoms with E-state index in [2.05, 4.69) is 5.10 Å². The Bertz CT molecular complexity index is 956. The number of likely N-dealkylation sites (N-methyl/N-ethyl adjacent to an activating group) is 1. The summed E-state index contributed by atoms with van der Waals surface area (Å²) in [5.74, 6) is 0.238. The summed E-state index contributed by atoms with van der Waals surface area (Å²) < 4.78 is 5.32. The molecule has 0 saturated heterocycles. The van der Waals surface area contributed by atoms with Crippen LogP contribution in [0.2, 0.25) is 5.02 Å². The first-order chi connectivity index (χ1) is 14.3. The first kappa shape index (κ1) is 21.8. The van der Waals surface area contributed by atoms with Gasteiger partial charge in [-0.1, -0.05) is 49.7 Å². The third-order valence-electron chi connectivity index (χ3n) is 5.07. The SMILES string of the molecule is COc1cccc(C2=NN(C(=O)CN(C)C(=O)C(C)C)[C@H](c3ccc(Cl)cc3)C2)c1. The van der Waals surface area contributed by atoms with Crippen molar-refractivity contribution in [3.05, 3.63) is 64.7 Å². The average Bonchev–Trinajstić information content (AvgIpc) is 3.19. The lowest BCUT2D eigenvalue weighted by molar-refractivity contribution is -0.142. The highest BCUT2D eigenvalue weighted by atomic mass is 35.5. The summed E-state index contributed by atoms with van der Waals surface area (Å²) in [6, 6.07) is 14.8. The van der Waals surface area contributed by atoms with E-state index in [9.17, 15) is 9.59 Å². The van der Waals surface area contributed by atoms with Crippen LogP contribution < -0.4 is 4.74 Å². The molecule has 0 aromatic heterocycles. The van der Waals surface area contributed by atoms with E-state index in [1.807, 2.05) is 50.2 Å². The average molecular weight is 428 g/mol. The van der Waals surface area contributed by atoms with E-state index in [-0.39, 0.29) is 30.3 Å². The quantitative estimate of drug-likeness (QED) is 0.696. The number of methoxy groups -OCH3 is 1. The molecule has 0 saturated carbocycles. The van der Waals surface area contributed by atoms with E-state index in [4.69, 9.17) is 16.3 Å². The van der Waals surface area contributed by atoms with Crippen LogP contribution >= 0.6 is 11.6 Å². The van der Waals surface area contributed by atoms with E-state index in [1.165, 1.54) is 9.91 Å². The molecule has 0 spiro atoms. The molecule has 2 amide bonds. The molecule has 30 heavy (non-hydrogen) atoms. The second kappa shape index (κ2) is 9.30. The molecule has 1 aliphatic heterocycles. The van der Waals surface area contributed by atoms with Crippen LogP contribution in [0.4, 0.5) is 0 Å². The third kappa shape index (κ3) is 4.82. The minimum absolute atomic E-state index is 0.0318. The fourth-order valence-electron chi connectivity index (χ4n) is 3.46. The van der Waals surface area contributed by atoms with Gasteiger partial charge in [-0.15, -0.1) is 0 Å². The molecular weight excluding hydrogens is 402 g/mol. The highest BCUT2D eigenvalue weighted by Gasteiger charge is 2.34. The molecule has 6 nitrogen and oxygen atoms in total. The maximum absolute atomic E-state index is 13.1. The van der Waals surface area contributed by atoms with Gasteiger partial charge in [0.05, 0.1) is 18.9 Å². The van der Waals surface area contributed by atoms with Crippen molar-refractivity contribution in [1.82, 2.24) is 9.91 Å². The number of nitrogens with zero attached hydrogens (tertiary/aromatic N) is 3. The molecule has 3 rings (SSSR count). The first-order valence-electron chi connectivity index (χ1n) is 9.84. The summed E-state index contributed by atoms with van der Waals surface area (Å²) in [5, 5.41) is 6.76. The molecule has 0 N–H and O–H groups in total. The molecule has 0 radical (unpaired) electrons. The molecule has 0 aliphatic carbocycles. The summed E-state index contributed by atoms with van der Waals surface area (Å²) >= 11 is 6.04. The molecule has 1 aliphatic rings. The van der Waals surface area contributed by atoms with Gasteiger partial charge >= 0.3 is 0 Å². The molecule has 2 aromatic rings. The van der Waals surface area contributed by atoms with Crippen LogP contribution in [0.15, 0.2) is 53.6 Å². The minimum Gasteiger partial charge on any atom is -0.497 e. The number of amides is 2. The van der Waals surface area contributed by atoms with E-state index in [0.29, 0.717) is 11.4 Å². The Labute approximate surface area is 182 Å². The number of hydrogen-bond acceptors (Lipinski definition) is 4. The molecule has 1 heterocycles. The van der Waals surface area contributed by atoms with Gasteiger partial charge in [-0.05, 0) is 29.8 Å². The number of benzene rings is 2. The fraction of sp³-hybridized carbons (Fsp3) is 0.348. The second-order valence-corrected chi connectivity index (χ2v) is 8.07. The summed E-state index contributed by atoms with van der Waals surface area (Å²) in [5.41, 5.74) is 2.63. The van der Waals surface area contributed by atoms with Crippen molar-refractivity contribution in [1.29, 1.82) is 0 Å². The van der Waals surface area contributed by atoms with Gasteiger partial charge in [0.2, 0.25) is 5.91 Å². The van der Waals surface area contributed by atoms with Gasteiger partial charge < -0.3 is 9.64 Å². The first-order valence-corrected chi connectivity index (χ1v) is 10.2. The van der Waals surface area contributed by atoms with Crippen molar-refractivity contribution in [2.75, 3.05) is 20.7 Å². The molecule has 158 valence electrons. The normalized spacial score (nSPS) is 15.9. The van der Waals surface area contributed by atoms with E-state index in [1.54, 1.807) is 26.3 Å². The zero-order valence-electron chi connectivity index (χ0n) is 17.6. The Balaban J connectivity index is 1.91. The Morgan fingerprint density at radius 3 is 2.57 bits per heavy atom. The molecular formula is C23H26ClN3O3. The van der Waals surface area contributed by atoms with Crippen molar-refractivity contribution in [2.45, 2.75) is 26.3 Å². The van der Waals surface area contributed by atoms with Crippen LogP contribution in [0.1, 0.15) is 37.4 Å². The van der Waals surface area contributed by atoms with E-state index < -0.39 is 0 Å². The van der Waals surface area contributed by atoms with Gasteiger partial charge in [0.15, 0.2) is 0 Å². The maximum Gasteiger partial charge on any atom is 0.262 e. The van der Waals surface area contributed by atoms with E-state index in [0.717, 1.165) is 22.6 Å². The molecule has 1 atom stereocenters. The van der Waals surface area contributed by atoms with Crippen LogP contribution in [0, 0.1) is 5.92 Å². The van der Waals surface area contributed by atoms with Gasteiger partial charge in [0, 0.05) is 30.0 Å². The summed E-state index contributed by atoms with van der Waals surface area (Å²) in [7, 11) is 3.25. The predicted molar refractivity (Wildman–Crippen MR) is 118 cm³/mol. The maximum atomic E-state index is 13.1. The van der Waals surface area contributed by atoms with E-state index >= 15 is 0 Å². The van der Waals surface area contributed by atoms with Crippen LogP contribution in [0.25, 0.3) is 0 Å². The smallest absolute Gasteiger partial charge is 0.262 e. The number of carbonyl (C=O) groups is 2. The van der Waals surface area contributed by atoms with Gasteiger partial charge in [0.25, 0.3) is 5.91 Å². The Morgan fingerprint density at radius 1 is 1.23 bits per heavy atom. The number of hydrazone groups is 1. The Morgan fingerprint density at radius 2 is 1.93 bits per heavy atom. The summed E-state index contributed by atoms with van der Waals surface area (Å²) in [6.45, 7) is 3.60. The number of halogens is 1. The molecule has 0 unspecified atom stereocenters. The van der Waals surface area contributed by atoms with Crippen molar-refractivity contribution < 1.29 is 14.3 Å².